The van der Waals surface area contributed by atoms with Crippen LogP contribution in [0.15, 0.2) is 24.3 Å². The number of hydrogen-bond donors (Lipinski definition) is 0. The van der Waals surface area contributed by atoms with Crippen molar-refractivity contribution < 1.29 is 22.7 Å². The summed E-state index contributed by atoms with van der Waals surface area (Å²) in [5.41, 5.74) is 0.617. The molecule has 1 rings (SSSR count). The Kier molecular flexibility index (Phi) is 4.58. The molecule has 0 amide bonds. The molecule has 1 aromatic carbocycles. The van der Waals surface area contributed by atoms with Crippen LogP contribution >= 0.6 is 0 Å². The first-order valence-corrected chi connectivity index (χ1v) is 4.73. The van der Waals surface area contributed by atoms with Gasteiger partial charge in [0.05, 0.1) is 6.42 Å². The van der Waals surface area contributed by atoms with E-state index in [0.29, 0.717) is 11.8 Å². The molecule has 0 spiro atoms. The minimum absolute atomic E-state index is 0.128. The predicted octanol–water partition coefficient (Wildman–Crippen LogP) is 2.57. The molecule has 0 saturated heterocycles. The second-order valence-corrected chi connectivity index (χ2v) is 3.10. The number of carbonyl (C=O) groups excluding carboxylic acids is 1. The Bertz CT molecular complexity index is 424. The van der Waals surface area contributed by atoms with Gasteiger partial charge in [0.25, 0.3) is 0 Å². The topological polar surface area (TPSA) is 26.3 Å². The third kappa shape index (κ3) is 5.61. The van der Waals surface area contributed by atoms with E-state index in [1.54, 1.807) is 0 Å². The van der Waals surface area contributed by atoms with Crippen molar-refractivity contribution in [3.63, 3.8) is 0 Å². The number of hydrogen-bond acceptors (Lipinski definition) is 2. The van der Waals surface area contributed by atoms with Gasteiger partial charge in [-0.1, -0.05) is 11.8 Å². The molecule has 0 unspecified atom stereocenters. The quantitative estimate of drug-likeness (QED) is 0.601. The molecule has 1 aromatic rings. The van der Waals surface area contributed by atoms with E-state index in [0.717, 1.165) is 0 Å². The third-order valence-electron chi connectivity index (χ3n) is 1.67. The van der Waals surface area contributed by atoms with Crippen LogP contribution in [0.2, 0.25) is 0 Å². The zero-order chi connectivity index (χ0) is 12.7. The van der Waals surface area contributed by atoms with Gasteiger partial charge >= 0.3 is 6.18 Å². The maximum atomic E-state index is 11.8. The summed E-state index contributed by atoms with van der Waals surface area (Å²) in [4.78, 5) is 10.00. The zero-order valence-electron chi connectivity index (χ0n) is 8.75. The molecule has 2 nitrogen and oxygen atoms in total. The summed E-state index contributed by atoms with van der Waals surface area (Å²) in [7, 11) is 0. The highest BCUT2D eigenvalue weighted by atomic mass is 19.4. The summed E-state index contributed by atoms with van der Waals surface area (Å²) in [5.74, 6) is 5.40. The van der Waals surface area contributed by atoms with E-state index in [4.69, 9.17) is 0 Å². The van der Waals surface area contributed by atoms with Crippen LogP contribution in [-0.2, 0) is 4.79 Å². The number of alkyl halides is 3. The van der Waals surface area contributed by atoms with Gasteiger partial charge in [-0.2, -0.15) is 13.2 Å². The number of carbonyl (C=O) groups is 1. The van der Waals surface area contributed by atoms with Crippen molar-refractivity contribution in [1.29, 1.82) is 0 Å². The molecule has 0 aliphatic rings. The minimum atomic E-state index is -4.34. The normalized spacial score (nSPS) is 10.3. The maximum absolute atomic E-state index is 11.8. The first-order chi connectivity index (χ1) is 8.01. The predicted molar refractivity (Wildman–Crippen MR) is 55.6 cm³/mol. The van der Waals surface area contributed by atoms with Crippen molar-refractivity contribution in [3.05, 3.63) is 29.8 Å². The minimum Gasteiger partial charge on any atom is -0.484 e. The number of benzene rings is 1. The molecule has 0 saturated carbocycles. The van der Waals surface area contributed by atoms with Crippen LogP contribution in [-0.4, -0.2) is 19.1 Å². The molecular weight excluding hydrogens is 233 g/mol. The van der Waals surface area contributed by atoms with E-state index in [2.05, 4.69) is 16.6 Å². The smallest absolute Gasteiger partial charge is 0.422 e. The number of rotatable bonds is 3. The average molecular weight is 242 g/mol. The lowest BCUT2D eigenvalue weighted by Gasteiger charge is -2.08. The summed E-state index contributed by atoms with van der Waals surface area (Å²) in [5, 5.41) is 0. The largest absolute Gasteiger partial charge is 0.484 e. The van der Waals surface area contributed by atoms with Crippen LogP contribution in [0.4, 0.5) is 13.2 Å². The molecule has 0 aromatic heterocycles. The van der Waals surface area contributed by atoms with Crippen LogP contribution in [0, 0.1) is 11.8 Å². The van der Waals surface area contributed by atoms with Crippen molar-refractivity contribution in [2.24, 2.45) is 0 Å². The monoisotopic (exact) mass is 242 g/mol. The lowest BCUT2D eigenvalue weighted by Crippen LogP contribution is -2.19. The molecule has 0 radical (unpaired) electrons. The summed E-state index contributed by atoms with van der Waals surface area (Å²) in [6, 6.07) is 5.86. The Labute approximate surface area is 96.4 Å². The Morgan fingerprint density at radius 1 is 1.24 bits per heavy atom. The maximum Gasteiger partial charge on any atom is 0.422 e. The van der Waals surface area contributed by atoms with Crippen molar-refractivity contribution in [3.8, 4) is 17.6 Å². The molecule has 0 N–H and O–H groups in total. The fourth-order valence-electron chi connectivity index (χ4n) is 0.994. The van der Waals surface area contributed by atoms with Crippen molar-refractivity contribution >= 4 is 6.29 Å². The summed E-state index contributed by atoms with van der Waals surface area (Å²) in [6.07, 6.45) is -3.54. The molecule has 17 heavy (non-hydrogen) atoms. The van der Waals surface area contributed by atoms with Gasteiger partial charge < -0.3 is 9.53 Å². The highest BCUT2D eigenvalue weighted by Gasteiger charge is 2.28. The SMILES string of the molecule is O=CCC#Cc1ccc(OCC(F)(F)F)cc1. The van der Waals surface area contributed by atoms with Crippen molar-refractivity contribution in [1.82, 2.24) is 0 Å². The Hall–Kier alpha value is -1.96. The van der Waals surface area contributed by atoms with Gasteiger partial charge in [0, 0.05) is 5.56 Å². The molecule has 0 fully saturated rings. The average Bonchev–Trinajstić information content (AvgIpc) is 2.27. The number of ether oxygens (including phenoxy) is 1. The van der Waals surface area contributed by atoms with Gasteiger partial charge in [0.15, 0.2) is 6.61 Å². The van der Waals surface area contributed by atoms with Gasteiger partial charge in [0.2, 0.25) is 0 Å². The third-order valence-corrected chi connectivity index (χ3v) is 1.67. The van der Waals surface area contributed by atoms with Crippen LogP contribution in [0.5, 0.6) is 5.75 Å². The lowest BCUT2D eigenvalue weighted by molar-refractivity contribution is -0.153. The van der Waals surface area contributed by atoms with Crippen molar-refractivity contribution in [2.75, 3.05) is 6.61 Å². The molecule has 0 aliphatic carbocycles. The fourth-order valence-corrected chi connectivity index (χ4v) is 0.994. The van der Waals surface area contributed by atoms with Crippen LogP contribution < -0.4 is 4.74 Å². The number of halogens is 3. The Balaban J connectivity index is 2.57. The van der Waals surface area contributed by atoms with E-state index in [-0.39, 0.29) is 12.2 Å². The Morgan fingerprint density at radius 2 is 1.88 bits per heavy atom. The molecule has 0 atom stereocenters. The Morgan fingerprint density at radius 3 is 2.41 bits per heavy atom. The molecule has 0 bridgehead atoms. The highest BCUT2D eigenvalue weighted by molar-refractivity contribution is 5.55. The van der Waals surface area contributed by atoms with Gasteiger partial charge in [-0.05, 0) is 24.3 Å². The van der Waals surface area contributed by atoms with Gasteiger partial charge in [0.1, 0.15) is 12.0 Å². The van der Waals surface area contributed by atoms with Crippen LogP contribution in [0.1, 0.15) is 12.0 Å². The van der Waals surface area contributed by atoms with E-state index in [1.165, 1.54) is 24.3 Å². The summed E-state index contributed by atoms with van der Waals surface area (Å²) >= 11 is 0. The van der Waals surface area contributed by atoms with E-state index < -0.39 is 12.8 Å². The second kappa shape index (κ2) is 5.94. The molecule has 0 aliphatic heterocycles. The molecule has 5 heteroatoms. The van der Waals surface area contributed by atoms with Crippen molar-refractivity contribution in [2.45, 2.75) is 12.6 Å². The zero-order valence-corrected chi connectivity index (χ0v) is 8.75. The van der Waals surface area contributed by atoms with Gasteiger partial charge in [-0.15, -0.1) is 0 Å². The van der Waals surface area contributed by atoms with E-state index in [9.17, 15) is 18.0 Å². The number of aldehydes is 1. The summed E-state index contributed by atoms with van der Waals surface area (Å²) in [6.45, 7) is -1.32. The molecular formula is C12H9F3O2. The molecule has 0 heterocycles. The van der Waals surface area contributed by atoms with Crippen LogP contribution in [0.3, 0.4) is 0 Å². The van der Waals surface area contributed by atoms with Gasteiger partial charge in [-0.25, -0.2) is 0 Å². The lowest BCUT2D eigenvalue weighted by atomic mass is 10.2. The first-order valence-electron chi connectivity index (χ1n) is 4.73. The van der Waals surface area contributed by atoms with E-state index >= 15 is 0 Å². The first kappa shape index (κ1) is 13.1. The highest BCUT2D eigenvalue weighted by Crippen LogP contribution is 2.18. The van der Waals surface area contributed by atoms with Crippen LogP contribution in [0.25, 0.3) is 0 Å². The fraction of sp³-hybridized carbons (Fsp3) is 0.250. The summed E-state index contributed by atoms with van der Waals surface area (Å²) < 4.78 is 40.1. The standard InChI is InChI=1S/C12H9F3O2/c13-12(14,15)9-17-11-6-4-10(5-7-11)3-1-2-8-16/h4-8H,2,9H2. The van der Waals surface area contributed by atoms with E-state index in [1.807, 2.05) is 0 Å². The van der Waals surface area contributed by atoms with Gasteiger partial charge in [-0.3, -0.25) is 0 Å². The molecule has 90 valence electrons. The second-order valence-electron chi connectivity index (χ2n) is 3.10.